The molecule has 0 aromatic heterocycles. The van der Waals surface area contributed by atoms with Crippen LogP contribution in [0.1, 0.15) is 41.1 Å². The number of nitrogens with one attached hydrogen (secondary N) is 1. The summed E-state index contributed by atoms with van der Waals surface area (Å²) in [5.41, 5.74) is 12.8. The van der Waals surface area contributed by atoms with Gasteiger partial charge in [0, 0.05) is 30.3 Å². The summed E-state index contributed by atoms with van der Waals surface area (Å²) >= 11 is 0. The molecule has 0 aliphatic heterocycles. The monoisotopic (exact) mass is 377 g/mol. The number of rotatable bonds is 5. The maximum Gasteiger partial charge on any atom is 0.250 e. The van der Waals surface area contributed by atoms with Crippen molar-refractivity contribution in [3.63, 3.8) is 0 Å². The number of anilines is 1. The lowest BCUT2D eigenvalue weighted by molar-refractivity contribution is 0.100. The fourth-order valence-electron chi connectivity index (χ4n) is 3.80. The molecule has 1 aliphatic carbocycles. The highest BCUT2D eigenvalue weighted by Crippen LogP contribution is 2.37. The fourth-order valence-corrected chi connectivity index (χ4v) is 3.80. The van der Waals surface area contributed by atoms with Gasteiger partial charge in [-0.25, -0.2) is 13.2 Å². The maximum absolute atomic E-state index is 14.1. The summed E-state index contributed by atoms with van der Waals surface area (Å²) in [4.78, 5) is 11.5. The van der Waals surface area contributed by atoms with Crippen molar-refractivity contribution in [2.75, 3.05) is 11.9 Å². The van der Waals surface area contributed by atoms with E-state index in [0.29, 0.717) is 36.7 Å². The number of para-hydroxylation sites is 1. The molecule has 4 nitrogen and oxygen atoms in total. The minimum Gasteiger partial charge on any atom is -0.384 e. The quantitative estimate of drug-likeness (QED) is 0.698. The minimum absolute atomic E-state index is 0.131. The lowest BCUT2D eigenvalue weighted by Crippen LogP contribution is -2.37. The van der Waals surface area contributed by atoms with Gasteiger partial charge in [-0.2, -0.15) is 0 Å². The predicted molar refractivity (Wildman–Crippen MR) is 97.8 cm³/mol. The van der Waals surface area contributed by atoms with Crippen molar-refractivity contribution in [2.45, 2.75) is 31.2 Å². The van der Waals surface area contributed by atoms with Crippen molar-refractivity contribution < 1.29 is 18.0 Å². The van der Waals surface area contributed by atoms with Crippen LogP contribution in [0.3, 0.4) is 0 Å². The van der Waals surface area contributed by atoms with E-state index >= 15 is 0 Å². The normalized spacial score (nSPS) is 22.4. The molecule has 27 heavy (non-hydrogen) atoms. The van der Waals surface area contributed by atoms with Gasteiger partial charge in [0.05, 0.1) is 5.56 Å². The molecule has 5 N–H and O–H groups in total. The van der Waals surface area contributed by atoms with E-state index in [1.165, 1.54) is 0 Å². The van der Waals surface area contributed by atoms with E-state index in [2.05, 4.69) is 5.32 Å². The van der Waals surface area contributed by atoms with Gasteiger partial charge in [-0.3, -0.25) is 4.79 Å². The number of amides is 1. The van der Waals surface area contributed by atoms with Crippen LogP contribution in [-0.2, 0) is 0 Å². The zero-order valence-corrected chi connectivity index (χ0v) is 14.7. The number of nitrogens with two attached hydrogens (primary N) is 2. The minimum atomic E-state index is -1.20. The molecule has 0 saturated heterocycles. The van der Waals surface area contributed by atoms with E-state index in [9.17, 15) is 18.0 Å². The second kappa shape index (κ2) is 8.00. The van der Waals surface area contributed by atoms with Crippen molar-refractivity contribution in [3.8, 4) is 0 Å². The molecule has 2 aromatic carbocycles. The number of carbonyl (C=O) groups is 1. The molecule has 0 bridgehead atoms. The number of halogens is 3. The Morgan fingerprint density at radius 3 is 2.48 bits per heavy atom. The summed E-state index contributed by atoms with van der Waals surface area (Å²) in [5.74, 6) is -3.67. The van der Waals surface area contributed by atoms with Crippen LogP contribution < -0.4 is 16.8 Å². The maximum atomic E-state index is 14.1. The van der Waals surface area contributed by atoms with E-state index in [1.807, 2.05) is 6.07 Å². The first-order chi connectivity index (χ1) is 12.9. The van der Waals surface area contributed by atoms with Crippen molar-refractivity contribution >= 4 is 11.6 Å². The molecule has 2 aromatic rings. The van der Waals surface area contributed by atoms with Crippen molar-refractivity contribution in [1.29, 1.82) is 0 Å². The molecule has 144 valence electrons. The van der Waals surface area contributed by atoms with Gasteiger partial charge in [-0.15, -0.1) is 0 Å². The third-order valence-corrected chi connectivity index (χ3v) is 5.22. The first-order valence-electron chi connectivity index (χ1n) is 8.89. The molecule has 3 unspecified atom stereocenters. The van der Waals surface area contributed by atoms with Gasteiger partial charge in [0.2, 0.25) is 0 Å². The third kappa shape index (κ3) is 4.24. The van der Waals surface area contributed by atoms with E-state index < -0.39 is 23.4 Å². The van der Waals surface area contributed by atoms with E-state index in [0.717, 1.165) is 12.5 Å². The van der Waals surface area contributed by atoms with Crippen molar-refractivity contribution in [2.24, 2.45) is 17.4 Å². The summed E-state index contributed by atoms with van der Waals surface area (Å²) in [6, 6.07) is 8.10. The van der Waals surface area contributed by atoms with E-state index in [4.69, 9.17) is 11.5 Å². The van der Waals surface area contributed by atoms with Crippen LogP contribution in [0.2, 0.25) is 0 Å². The molecule has 0 heterocycles. The van der Waals surface area contributed by atoms with E-state index in [-0.39, 0.29) is 23.4 Å². The molecule has 1 amide bonds. The summed E-state index contributed by atoms with van der Waals surface area (Å²) in [7, 11) is 0. The second-order valence-corrected chi connectivity index (χ2v) is 7.03. The van der Waals surface area contributed by atoms with Crippen LogP contribution in [0.5, 0.6) is 0 Å². The van der Waals surface area contributed by atoms with Crippen LogP contribution in [0.4, 0.5) is 18.9 Å². The van der Waals surface area contributed by atoms with Gasteiger partial charge < -0.3 is 16.8 Å². The highest BCUT2D eigenvalue weighted by Gasteiger charge is 2.31. The molecule has 1 fully saturated rings. The third-order valence-electron chi connectivity index (χ3n) is 5.22. The molecule has 1 aliphatic rings. The average molecular weight is 377 g/mol. The Hall–Kier alpha value is -2.54. The standard InChI is InChI=1S/C20H22F3N3O/c21-15-9-17(23)16(22)8-14(15)12-6-5-11(7-18(12)24)10-26-19-4-2-1-3-13(19)20(25)27/h1-4,8-9,11-12,18,26H,5-7,10,24H2,(H2,25,27). The Balaban J connectivity index is 1.64. The molecule has 3 rings (SSSR count). The van der Waals surface area contributed by atoms with Gasteiger partial charge in [0.15, 0.2) is 11.6 Å². The Labute approximate surface area is 155 Å². The van der Waals surface area contributed by atoms with Crippen LogP contribution in [0.25, 0.3) is 0 Å². The summed E-state index contributed by atoms with van der Waals surface area (Å²) in [5, 5.41) is 3.23. The first-order valence-corrected chi connectivity index (χ1v) is 8.89. The lowest BCUT2D eigenvalue weighted by Gasteiger charge is -2.34. The van der Waals surface area contributed by atoms with Crippen LogP contribution in [0.15, 0.2) is 36.4 Å². The Kier molecular flexibility index (Phi) is 5.70. The summed E-state index contributed by atoms with van der Waals surface area (Å²) in [6.07, 6.45) is 1.93. The topological polar surface area (TPSA) is 81.1 Å². The van der Waals surface area contributed by atoms with Gasteiger partial charge >= 0.3 is 0 Å². The Morgan fingerprint density at radius 2 is 1.78 bits per heavy atom. The van der Waals surface area contributed by atoms with Gasteiger partial charge in [0.25, 0.3) is 5.91 Å². The molecule has 0 radical (unpaired) electrons. The van der Waals surface area contributed by atoms with Crippen molar-refractivity contribution in [3.05, 3.63) is 65.0 Å². The molecular formula is C20H22F3N3O. The van der Waals surface area contributed by atoms with Crippen LogP contribution in [-0.4, -0.2) is 18.5 Å². The largest absolute Gasteiger partial charge is 0.384 e. The van der Waals surface area contributed by atoms with Crippen molar-refractivity contribution in [1.82, 2.24) is 0 Å². The van der Waals surface area contributed by atoms with Crippen LogP contribution in [0, 0.1) is 23.4 Å². The lowest BCUT2D eigenvalue weighted by atomic mass is 9.75. The van der Waals surface area contributed by atoms with Crippen LogP contribution >= 0.6 is 0 Å². The number of hydrogen-bond donors (Lipinski definition) is 3. The zero-order chi connectivity index (χ0) is 19.6. The zero-order valence-electron chi connectivity index (χ0n) is 14.7. The SMILES string of the molecule is NC(=O)c1ccccc1NCC1CCC(c2cc(F)c(F)cc2F)C(N)C1. The fraction of sp³-hybridized carbons (Fsp3) is 0.350. The molecule has 3 atom stereocenters. The Morgan fingerprint density at radius 1 is 1.07 bits per heavy atom. The Bertz CT molecular complexity index is 843. The number of hydrogen-bond acceptors (Lipinski definition) is 3. The highest BCUT2D eigenvalue weighted by molar-refractivity contribution is 5.98. The van der Waals surface area contributed by atoms with Gasteiger partial charge in [-0.05, 0) is 48.9 Å². The number of carbonyl (C=O) groups excluding carboxylic acids is 1. The second-order valence-electron chi connectivity index (χ2n) is 7.03. The summed E-state index contributed by atoms with van der Waals surface area (Å²) < 4.78 is 40.7. The molecular weight excluding hydrogens is 355 g/mol. The van der Waals surface area contributed by atoms with Gasteiger partial charge in [0.1, 0.15) is 5.82 Å². The molecule has 0 spiro atoms. The average Bonchev–Trinajstić information content (AvgIpc) is 2.63. The summed E-state index contributed by atoms with van der Waals surface area (Å²) in [6.45, 7) is 0.588. The van der Waals surface area contributed by atoms with Gasteiger partial charge in [-0.1, -0.05) is 12.1 Å². The number of benzene rings is 2. The van der Waals surface area contributed by atoms with E-state index in [1.54, 1.807) is 18.2 Å². The molecule has 7 heteroatoms. The number of primary amides is 1. The molecule has 1 saturated carbocycles. The highest BCUT2D eigenvalue weighted by atomic mass is 19.2. The predicted octanol–water partition coefficient (Wildman–Crippen LogP) is 3.53. The smallest absolute Gasteiger partial charge is 0.250 e. The first kappa shape index (κ1) is 19.2.